The third-order valence-electron chi connectivity index (χ3n) is 3.55. The molecular formula is C14H24N4OS. The molecule has 5 nitrogen and oxygen atoms in total. The lowest BCUT2D eigenvalue weighted by Gasteiger charge is -2.20. The van der Waals surface area contributed by atoms with Crippen LogP contribution in [0.4, 0.5) is 10.9 Å². The number of aromatic nitrogens is 1. The molecule has 1 aromatic heterocycles. The van der Waals surface area contributed by atoms with Crippen LogP contribution >= 0.6 is 11.3 Å². The Morgan fingerprint density at radius 3 is 2.80 bits per heavy atom. The molecule has 2 unspecified atom stereocenters. The van der Waals surface area contributed by atoms with E-state index in [1.54, 1.807) is 0 Å². The molecule has 112 valence electrons. The average Bonchev–Trinajstić information content (AvgIpc) is 2.89. The maximum absolute atomic E-state index is 12.6. The highest BCUT2D eigenvalue weighted by Crippen LogP contribution is 2.30. The molecule has 6 heteroatoms. The summed E-state index contributed by atoms with van der Waals surface area (Å²) in [6.07, 6.45) is 1.06. The second-order valence-corrected chi connectivity index (χ2v) is 7.15. The Morgan fingerprint density at radius 2 is 2.25 bits per heavy atom. The van der Waals surface area contributed by atoms with Crippen LogP contribution in [0.2, 0.25) is 0 Å². The van der Waals surface area contributed by atoms with Crippen LogP contribution in [0.5, 0.6) is 0 Å². The number of anilines is 2. The van der Waals surface area contributed by atoms with Gasteiger partial charge in [0.2, 0.25) is 0 Å². The number of carbonyl (C=O) groups excluding carboxylic acids is 1. The summed E-state index contributed by atoms with van der Waals surface area (Å²) < 4.78 is 0. The standard InChI is InChI=1S/C14H24N4OS/c1-8(2)6-16-14-17-12(15)11(20-14)13(19)18-7-9(3)5-10(18)4/h8-10H,5-7,15H2,1-4H3,(H,16,17). The number of nitrogens with zero attached hydrogens (tertiary/aromatic N) is 2. The van der Waals surface area contributed by atoms with Crippen molar-refractivity contribution in [1.82, 2.24) is 9.88 Å². The number of nitrogens with two attached hydrogens (primary N) is 1. The molecule has 20 heavy (non-hydrogen) atoms. The van der Waals surface area contributed by atoms with E-state index in [0.29, 0.717) is 22.5 Å². The number of hydrogen-bond donors (Lipinski definition) is 2. The van der Waals surface area contributed by atoms with Gasteiger partial charge in [-0.05, 0) is 25.2 Å². The summed E-state index contributed by atoms with van der Waals surface area (Å²) in [6, 6.07) is 0.283. The number of likely N-dealkylation sites (tertiary alicyclic amines) is 1. The van der Waals surface area contributed by atoms with E-state index in [2.05, 4.69) is 38.0 Å². The van der Waals surface area contributed by atoms with Gasteiger partial charge in [-0.25, -0.2) is 4.98 Å². The number of carbonyl (C=O) groups is 1. The molecule has 1 saturated heterocycles. The van der Waals surface area contributed by atoms with Crippen molar-refractivity contribution in [1.29, 1.82) is 0 Å². The Hall–Kier alpha value is -1.30. The van der Waals surface area contributed by atoms with Crippen LogP contribution in [0, 0.1) is 11.8 Å². The molecule has 1 fully saturated rings. The van der Waals surface area contributed by atoms with E-state index in [1.165, 1.54) is 11.3 Å². The number of nitrogen functional groups attached to an aromatic ring is 1. The van der Waals surface area contributed by atoms with Gasteiger partial charge in [-0.1, -0.05) is 32.1 Å². The van der Waals surface area contributed by atoms with Crippen molar-refractivity contribution in [2.75, 3.05) is 24.1 Å². The zero-order valence-electron chi connectivity index (χ0n) is 12.6. The zero-order chi connectivity index (χ0) is 14.9. The normalized spacial score (nSPS) is 22.6. The van der Waals surface area contributed by atoms with Gasteiger partial charge in [0.25, 0.3) is 5.91 Å². The quantitative estimate of drug-likeness (QED) is 0.896. The Balaban J connectivity index is 2.10. The van der Waals surface area contributed by atoms with Gasteiger partial charge in [0.15, 0.2) is 5.13 Å². The van der Waals surface area contributed by atoms with Gasteiger partial charge in [-0.2, -0.15) is 0 Å². The van der Waals surface area contributed by atoms with Crippen molar-refractivity contribution in [2.45, 2.75) is 40.2 Å². The summed E-state index contributed by atoms with van der Waals surface area (Å²) in [4.78, 5) is 19.3. The second-order valence-electron chi connectivity index (χ2n) is 6.16. The summed E-state index contributed by atoms with van der Waals surface area (Å²) in [7, 11) is 0. The first-order valence-electron chi connectivity index (χ1n) is 7.19. The van der Waals surface area contributed by atoms with Crippen molar-refractivity contribution < 1.29 is 4.79 Å². The largest absolute Gasteiger partial charge is 0.382 e. The van der Waals surface area contributed by atoms with Gasteiger partial charge in [-0.15, -0.1) is 0 Å². The second kappa shape index (κ2) is 5.99. The third-order valence-corrected chi connectivity index (χ3v) is 4.57. The zero-order valence-corrected chi connectivity index (χ0v) is 13.5. The SMILES string of the molecule is CC(C)CNc1nc(N)c(C(=O)N2CC(C)CC2C)s1. The topological polar surface area (TPSA) is 71.2 Å². The molecule has 0 saturated carbocycles. The molecule has 1 amide bonds. The lowest BCUT2D eigenvalue weighted by atomic mass is 10.1. The van der Waals surface area contributed by atoms with E-state index < -0.39 is 0 Å². The van der Waals surface area contributed by atoms with Crippen molar-refractivity contribution in [3.8, 4) is 0 Å². The van der Waals surface area contributed by atoms with Gasteiger partial charge < -0.3 is 16.0 Å². The lowest BCUT2D eigenvalue weighted by Crippen LogP contribution is -2.33. The van der Waals surface area contributed by atoms with Crippen molar-refractivity contribution >= 4 is 28.2 Å². The van der Waals surface area contributed by atoms with Crippen LogP contribution in [0.25, 0.3) is 0 Å². The van der Waals surface area contributed by atoms with Crippen molar-refractivity contribution in [2.24, 2.45) is 11.8 Å². The number of rotatable bonds is 4. The number of amides is 1. The molecule has 3 N–H and O–H groups in total. The minimum absolute atomic E-state index is 0.0226. The number of hydrogen-bond acceptors (Lipinski definition) is 5. The summed E-state index contributed by atoms with van der Waals surface area (Å²) in [5, 5.41) is 3.96. The lowest BCUT2D eigenvalue weighted by molar-refractivity contribution is 0.0749. The first kappa shape index (κ1) is 15.1. The van der Waals surface area contributed by atoms with Gasteiger partial charge >= 0.3 is 0 Å². The minimum Gasteiger partial charge on any atom is -0.382 e. The molecule has 2 atom stereocenters. The summed E-state index contributed by atoms with van der Waals surface area (Å²) in [6.45, 7) is 10.2. The summed E-state index contributed by atoms with van der Waals surface area (Å²) >= 11 is 1.36. The van der Waals surface area contributed by atoms with E-state index in [0.717, 1.165) is 24.6 Å². The molecule has 1 aliphatic heterocycles. The Labute approximate surface area is 124 Å². The van der Waals surface area contributed by atoms with Crippen LogP contribution in [-0.4, -0.2) is 34.9 Å². The minimum atomic E-state index is 0.0226. The first-order chi connectivity index (χ1) is 9.38. The monoisotopic (exact) mass is 296 g/mol. The van der Waals surface area contributed by atoms with Crippen molar-refractivity contribution in [3.63, 3.8) is 0 Å². The van der Waals surface area contributed by atoms with E-state index in [4.69, 9.17) is 5.73 Å². The Bertz CT molecular complexity index is 486. The van der Waals surface area contributed by atoms with Crippen LogP contribution in [0.1, 0.15) is 43.8 Å². The van der Waals surface area contributed by atoms with Gasteiger partial charge in [-0.3, -0.25) is 4.79 Å². The molecular weight excluding hydrogens is 272 g/mol. The Morgan fingerprint density at radius 1 is 1.55 bits per heavy atom. The molecule has 0 radical (unpaired) electrons. The number of nitrogens with one attached hydrogen (secondary N) is 1. The molecule has 2 heterocycles. The predicted molar refractivity (Wildman–Crippen MR) is 84.1 cm³/mol. The van der Waals surface area contributed by atoms with E-state index >= 15 is 0 Å². The highest BCUT2D eigenvalue weighted by Gasteiger charge is 2.32. The summed E-state index contributed by atoms with van der Waals surface area (Å²) in [5.74, 6) is 1.45. The molecule has 0 spiro atoms. The highest BCUT2D eigenvalue weighted by atomic mass is 32.1. The fourth-order valence-corrected chi connectivity index (χ4v) is 3.41. The molecule has 0 aliphatic carbocycles. The molecule has 0 bridgehead atoms. The maximum Gasteiger partial charge on any atom is 0.268 e. The Kier molecular flexibility index (Phi) is 4.52. The van der Waals surface area contributed by atoms with Gasteiger partial charge in [0.05, 0.1) is 0 Å². The van der Waals surface area contributed by atoms with E-state index in [1.807, 2.05) is 4.90 Å². The van der Waals surface area contributed by atoms with Crippen LogP contribution < -0.4 is 11.1 Å². The predicted octanol–water partition coefficient (Wildman–Crippen LogP) is 2.66. The van der Waals surface area contributed by atoms with Crippen LogP contribution in [0.15, 0.2) is 0 Å². The first-order valence-corrected chi connectivity index (χ1v) is 8.01. The average molecular weight is 296 g/mol. The fraction of sp³-hybridized carbons (Fsp3) is 0.714. The van der Waals surface area contributed by atoms with E-state index in [9.17, 15) is 4.79 Å². The summed E-state index contributed by atoms with van der Waals surface area (Å²) in [5.41, 5.74) is 5.91. The van der Waals surface area contributed by atoms with Crippen LogP contribution in [0.3, 0.4) is 0 Å². The fourth-order valence-electron chi connectivity index (χ4n) is 2.57. The maximum atomic E-state index is 12.6. The molecule has 0 aromatic carbocycles. The smallest absolute Gasteiger partial charge is 0.268 e. The van der Waals surface area contributed by atoms with Crippen LogP contribution in [-0.2, 0) is 0 Å². The van der Waals surface area contributed by atoms with Crippen molar-refractivity contribution in [3.05, 3.63) is 4.88 Å². The van der Waals surface area contributed by atoms with Gasteiger partial charge in [0, 0.05) is 19.1 Å². The van der Waals surface area contributed by atoms with E-state index in [-0.39, 0.29) is 11.9 Å². The van der Waals surface area contributed by atoms with Gasteiger partial charge in [0.1, 0.15) is 10.7 Å². The molecule has 1 aromatic rings. The number of thiazole rings is 1. The molecule has 2 rings (SSSR count). The third kappa shape index (κ3) is 3.23. The highest BCUT2D eigenvalue weighted by molar-refractivity contribution is 7.18. The molecule has 1 aliphatic rings.